The highest BCUT2D eigenvalue weighted by Crippen LogP contribution is 2.36. The summed E-state index contributed by atoms with van der Waals surface area (Å²) >= 11 is 0. The number of rotatable bonds is 1. The van der Waals surface area contributed by atoms with E-state index in [2.05, 4.69) is 14.4 Å². The van der Waals surface area contributed by atoms with Gasteiger partial charge in [0.1, 0.15) is 0 Å². The molecule has 0 saturated heterocycles. The number of anilines is 1. The van der Waals surface area contributed by atoms with Crippen LogP contribution in [0, 0.1) is 0 Å². The summed E-state index contributed by atoms with van der Waals surface area (Å²) in [6.45, 7) is 0. The molecule has 0 aliphatic carbocycles. The molecular formula is C6H5F3N2O3. The molecule has 0 spiro atoms. The Morgan fingerprint density at radius 2 is 2.14 bits per heavy atom. The molecule has 0 bridgehead atoms. The van der Waals surface area contributed by atoms with E-state index in [0.717, 1.165) is 7.11 Å². The topological polar surface area (TPSA) is 78.3 Å². The fourth-order valence-electron chi connectivity index (χ4n) is 0.813. The minimum atomic E-state index is -4.80. The van der Waals surface area contributed by atoms with E-state index in [1.54, 1.807) is 0 Å². The maximum Gasteiger partial charge on any atom is 0.424 e. The van der Waals surface area contributed by atoms with E-state index >= 15 is 0 Å². The van der Waals surface area contributed by atoms with E-state index in [1.165, 1.54) is 0 Å². The van der Waals surface area contributed by atoms with Crippen molar-refractivity contribution >= 4 is 11.9 Å². The van der Waals surface area contributed by atoms with Crippen LogP contribution < -0.4 is 5.73 Å². The average Bonchev–Trinajstić information content (AvgIpc) is 2.44. The summed E-state index contributed by atoms with van der Waals surface area (Å²) in [4.78, 5) is 10.8. The lowest BCUT2D eigenvalue weighted by molar-refractivity contribution is -0.137. The lowest BCUT2D eigenvalue weighted by atomic mass is 10.2. The van der Waals surface area contributed by atoms with E-state index in [9.17, 15) is 18.0 Å². The average molecular weight is 210 g/mol. The second-order valence-corrected chi connectivity index (χ2v) is 2.26. The summed E-state index contributed by atoms with van der Waals surface area (Å²) in [5.74, 6) is -2.21. The monoisotopic (exact) mass is 210 g/mol. The third kappa shape index (κ3) is 1.63. The number of methoxy groups -OCH3 is 1. The molecule has 1 heterocycles. The van der Waals surface area contributed by atoms with Crippen LogP contribution in [0.4, 0.5) is 19.1 Å². The lowest BCUT2D eigenvalue weighted by Gasteiger charge is -2.04. The second kappa shape index (κ2) is 3.20. The van der Waals surface area contributed by atoms with Crippen molar-refractivity contribution in [2.45, 2.75) is 6.18 Å². The SMILES string of the molecule is COC(=O)c1noc(N)c1C(F)(F)F. The van der Waals surface area contributed by atoms with E-state index in [4.69, 9.17) is 5.73 Å². The molecule has 0 radical (unpaired) electrons. The number of hydrogen-bond donors (Lipinski definition) is 1. The maximum atomic E-state index is 12.3. The molecule has 0 aliphatic rings. The molecule has 8 heteroatoms. The van der Waals surface area contributed by atoms with Gasteiger partial charge in [-0.05, 0) is 0 Å². The van der Waals surface area contributed by atoms with Gasteiger partial charge in [-0.1, -0.05) is 5.16 Å². The quantitative estimate of drug-likeness (QED) is 0.701. The van der Waals surface area contributed by atoms with Gasteiger partial charge in [-0.3, -0.25) is 0 Å². The highest BCUT2D eigenvalue weighted by molar-refractivity contribution is 5.90. The molecule has 1 rings (SSSR count). The Morgan fingerprint density at radius 3 is 2.57 bits per heavy atom. The highest BCUT2D eigenvalue weighted by Gasteiger charge is 2.42. The van der Waals surface area contributed by atoms with Crippen LogP contribution in [0.5, 0.6) is 0 Å². The number of ether oxygens (including phenoxy) is 1. The molecule has 1 aromatic heterocycles. The Bertz CT molecular complexity index is 358. The van der Waals surface area contributed by atoms with Gasteiger partial charge in [-0.25, -0.2) is 4.79 Å². The van der Waals surface area contributed by atoms with Gasteiger partial charge in [-0.2, -0.15) is 13.2 Å². The van der Waals surface area contributed by atoms with E-state index in [-0.39, 0.29) is 0 Å². The summed E-state index contributed by atoms with van der Waals surface area (Å²) in [6, 6.07) is 0. The van der Waals surface area contributed by atoms with Crippen molar-refractivity contribution in [3.63, 3.8) is 0 Å². The van der Waals surface area contributed by atoms with Crippen molar-refractivity contribution in [1.29, 1.82) is 0 Å². The second-order valence-electron chi connectivity index (χ2n) is 2.26. The van der Waals surface area contributed by atoms with Crippen molar-refractivity contribution in [3.8, 4) is 0 Å². The third-order valence-electron chi connectivity index (χ3n) is 1.38. The van der Waals surface area contributed by atoms with Crippen molar-refractivity contribution in [1.82, 2.24) is 5.16 Å². The number of nitrogens with two attached hydrogens (primary N) is 1. The Labute approximate surface area is 75.6 Å². The van der Waals surface area contributed by atoms with Crippen LogP contribution in [0.15, 0.2) is 4.52 Å². The number of esters is 1. The van der Waals surface area contributed by atoms with Gasteiger partial charge in [0.05, 0.1) is 7.11 Å². The molecule has 14 heavy (non-hydrogen) atoms. The van der Waals surface area contributed by atoms with Gasteiger partial charge in [0, 0.05) is 0 Å². The minimum Gasteiger partial charge on any atom is -0.464 e. The number of halogens is 3. The molecule has 78 valence electrons. The van der Waals surface area contributed by atoms with Crippen molar-refractivity contribution in [2.75, 3.05) is 12.8 Å². The van der Waals surface area contributed by atoms with Gasteiger partial charge >= 0.3 is 12.1 Å². The summed E-state index contributed by atoms with van der Waals surface area (Å²) < 4.78 is 44.9. The molecule has 0 saturated carbocycles. The fourth-order valence-corrected chi connectivity index (χ4v) is 0.813. The van der Waals surface area contributed by atoms with Crippen LogP contribution in [0.3, 0.4) is 0 Å². The molecule has 0 fully saturated rings. The van der Waals surface area contributed by atoms with Gasteiger partial charge in [0.2, 0.25) is 11.6 Å². The maximum absolute atomic E-state index is 12.3. The summed E-state index contributed by atoms with van der Waals surface area (Å²) in [6.07, 6.45) is -4.80. The Kier molecular flexibility index (Phi) is 2.37. The third-order valence-corrected chi connectivity index (χ3v) is 1.38. The highest BCUT2D eigenvalue weighted by atomic mass is 19.4. The van der Waals surface area contributed by atoms with Gasteiger partial charge in [0.15, 0.2) is 5.56 Å². The van der Waals surface area contributed by atoms with Crippen LogP contribution in [-0.4, -0.2) is 18.2 Å². The Balaban J connectivity index is 3.27. The molecule has 0 atom stereocenters. The molecule has 0 aliphatic heterocycles. The fraction of sp³-hybridized carbons (Fsp3) is 0.333. The van der Waals surface area contributed by atoms with Gasteiger partial charge in [0.25, 0.3) is 0 Å². The number of nitrogens with zero attached hydrogens (tertiary/aromatic N) is 1. The van der Waals surface area contributed by atoms with Crippen LogP contribution in [0.1, 0.15) is 16.1 Å². The largest absolute Gasteiger partial charge is 0.464 e. The minimum absolute atomic E-state index is 0.924. The first-order valence-corrected chi connectivity index (χ1v) is 3.28. The Hall–Kier alpha value is -1.73. The number of nitrogen functional groups attached to an aromatic ring is 1. The van der Waals surface area contributed by atoms with Crippen molar-refractivity contribution in [3.05, 3.63) is 11.3 Å². The number of alkyl halides is 3. The first-order chi connectivity index (χ1) is 6.38. The zero-order chi connectivity index (χ0) is 10.9. The Morgan fingerprint density at radius 1 is 1.57 bits per heavy atom. The van der Waals surface area contributed by atoms with Crippen LogP contribution >= 0.6 is 0 Å². The van der Waals surface area contributed by atoms with Crippen LogP contribution in [0.2, 0.25) is 0 Å². The molecule has 5 nitrogen and oxygen atoms in total. The molecule has 2 N–H and O–H groups in total. The van der Waals surface area contributed by atoms with E-state index in [0.29, 0.717) is 0 Å². The predicted molar refractivity (Wildman–Crippen MR) is 37.3 cm³/mol. The molecule has 0 amide bonds. The van der Waals surface area contributed by atoms with E-state index < -0.39 is 29.3 Å². The predicted octanol–water partition coefficient (Wildman–Crippen LogP) is 1.06. The molecule has 1 aromatic rings. The summed E-state index contributed by atoms with van der Waals surface area (Å²) in [7, 11) is 0.924. The van der Waals surface area contributed by atoms with Gasteiger partial charge in [-0.15, -0.1) is 0 Å². The van der Waals surface area contributed by atoms with Crippen molar-refractivity contribution in [2.24, 2.45) is 0 Å². The first kappa shape index (κ1) is 10.4. The molecule has 0 unspecified atom stereocenters. The molecule has 0 aromatic carbocycles. The van der Waals surface area contributed by atoms with Crippen LogP contribution in [-0.2, 0) is 10.9 Å². The number of carbonyl (C=O) groups excluding carboxylic acids is 1. The smallest absolute Gasteiger partial charge is 0.424 e. The zero-order valence-corrected chi connectivity index (χ0v) is 6.88. The standard InChI is InChI=1S/C6H5F3N2O3/c1-13-5(12)3-2(6(7,8)9)4(10)14-11-3/h10H2,1H3. The number of carbonyl (C=O) groups is 1. The molecular weight excluding hydrogens is 205 g/mol. The van der Waals surface area contributed by atoms with E-state index in [1.807, 2.05) is 0 Å². The number of aromatic nitrogens is 1. The number of hydrogen-bond acceptors (Lipinski definition) is 5. The van der Waals surface area contributed by atoms with Crippen molar-refractivity contribution < 1.29 is 27.2 Å². The summed E-state index contributed by atoms with van der Waals surface area (Å²) in [5.41, 5.74) is 2.48. The first-order valence-electron chi connectivity index (χ1n) is 3.28. The normalized spacial score (nSPS) is 11.4. The summed E-state index contributed by atoms with van der Waals surface area (Å²) in [5, 5.41) is 2.86. The van der Waals surface area contributed by atoms with Gasteiger partial charge < -0.3 is 15.0 Å². The zero-order valence-electron chi connectivity index (χ0n) is 6.88. The lowest BCUT2D eigenvalue weighted by Crippen LogP contribution is -2.14. The van der Waals surface area contributed by atoms with Crippen LogP contribution in [0.25, 0.3) is 0 Å².